The van der Waals surface area contributed by atoms with Crippen LogP contribution in [0.2, 0.25) is 0 Å². The van der Waals surface area contributed by atoms with Crippen LogP contribution in [0.1, 0.15) is 38.7 Å². The van der Waals surface area contributed by atoms with Crippen LogP contribution in [0.15, 0.2) is 18.2 Å². The van der Waals surface area contributed by atoms with E-state index in [9.17, 15) is 9.90 Å². The molecule has 2 aromatic rings. The van der Waals surface area contributed by atoms with Gasteiger partial charge in [-0.3, -0.25) is 0 Å². The van der Waals surface area contributed by atoms with Gasteiger partial charge in [-0.2, -0.15) is 0 Å². The predicted molar refractivity (Wildman–Crippen MR) is 76.1 cm³/mol. The molecule has 6 heteroatoms. The van der Waals surface area contributed by atoms with Crippen LogP contribution in [0.4, 0.5) is 5.69 Å². The molecule has 0 aliphatic heterocycles. The summed E-state index contributed by atoms with van der Waals surface area (Å²) in [6.45, 7) is 5.40. The minimum absolute atomic E-state index is 0.312. The zero-order chi connectivity index (χ0) is 14.9. The van der Waals surface area contributed by atoms with E-state index >= 15 is 0 Å². The summed E-state index contributed by atoms with van der Waals surface area (Å²) in [5.41, 5.74) is 7.72. The lowest BCUT2D eigenvalue weighted by molar-refractivity contribution is -0.146. The Kier molecular flexibility index (Phi) is 3.94. The van der Waals surface area contributed by atoms with E-state index in [0.29, 0.717) is 23.6 Å². The molecule has 20 heavy (non-hydrogen) atoms. The molecular formula is C14H19N3O3. The van der Waals surface area contributed by atoms with E-state index in [1.165, 1.54) is 0 Å². The largest absolute Gasteiger partial charge is 0.464 e. The molecule has 0 aliphatic carbocycles. The third-order valence-corrected chi connectivity index (χ3v) is 3.13. The van der Waals surface area contributed by atoms with Crippen LogP contribution in [0, 0.1) is 0 Å². The number of hydrogen-bond acceptors (Lipinski definition) is 5. The minimum atomic E-state index is -0.791. The van der Waals surface area contributed by atoms with Gasteiger partial charge in [0.2, 0.25) is 0 Å². The van der Waals surface area contributed by atoms with Crippen molar-refractivity contribution in [3.8, 4) is 0 Å². The summed E-state index contributed by atoms with van der Waals surface area (Å²) >= 11 is 0. The summed E-state index contributed by atoms with van der Waals surface area (Å²) in [6, 6.07) is 4.69. The van der Waals surface area contributed by atoms with Gasteiger partial charge in [0.15, 0.2) is 0 Å². The fourth-order valence-electron chi connectivity index (χ4n) is 2.20. The summed E-state index contributed by atoms with van der Waals surface area (Å²) in [5, 5.41) is 9.87. The summed E-state index contributed by atoms with van der Waals surface area (Å²) in [6.07, 6.45) is -0.791. The summed E-state index contributed by atoms with van der Waals surface area (Å²) < 4.78 is 6.73. The minimum Gasteiger partial charge on any atom is -0.464 e. The Labute approximate surface area is 117 Å². The average molecular weight is 277 g/mol. The SMILES string of the molecule is CCOC(=O)C(C)n1c(C(C)O)nc2cc(N)ccc21. The molecule has 2 unspecified atom stereocenters. The zero-order valence-corrected chi connectivity index (χ0v) is 11.8. The average Bonchev–Trinajstić information content (AvgIpc) is 2.76. The van der Waals surface area contributed by atoms with Crippen molar-refractivity contribution < 1.29 is 14.6 Å². The number of fused-ring (bicyclic) bond motifs is 1. The quantitative estimate of drug-likeness (QED) is 0.657. The number of rotatable bonds is 4. The van der Waals surface area contributed by atoms with E-state index in [1.54, 1.807) is 43.5 Å². The lowest BCUT2D eigenvalue weighted by atomic mass is 10.2. The van der Waals surface area contributed by atoms with Crippen LogP contribution in [0.5, 0.6) is 0 Å². The molecule has 1 aromatic carbocycles. The fraction of sp³-hybridized carbons (Fsp3) is 0.429. The van der Waals surface area contributed by atoms with Crippen molar-refractivity contribution in [2.45, 2.75) is 32.9 Å². The lowest BCUT2D eigenvalue weighted by Crippen LogP contribution is -2.21. The molecule has 2 rings (SSSR count). The van der Waals surface area contributed by atoms with Gasteiger partial charge in [-0.1, -0.05) is 0 Å². The number of aliphatic hydroxyl groups excluding tert-OH is 1. The van der Waals surface area contributed by atoms with Crippen molar-refractivity contribution in [3.63, 3.8) is 0 Å². The number of hydrogen-bond donors (Lipinski definition) is 2. The third kappa shape index (κ3) is 2.46. The number of nitrogens with two attached hydrogens (primary N) is 1. The van der Waals surface area contributed by atoms with Crippen molar-refractivity contribution in [3.05, 3.63) is 24.0 Å². The van der Waals surface area contributed by atoms with Gasteiger partial charge in [0.25, 0.3) is 0 Å². The zero-order valence-electron chi connectivity index (χ0n) is 11.8. The van der Waals surface area contributed by atoms with E-state index in [0.717, 1.165) is 5.52 Å². The molecule has 108 valence electrons. The number of benzene rings is 1. The van der Waals surface area contributed by atoms with E-state index in [-0.39, 0.29) is 5.97 Å². The molecule has 0 bridgehead atoms. The standard InChI is InChI=1S/C14H19N3O3/c1-4-20-14(19)8(2)17-12-6-5-10(15)7-11(12)16-13(17)9(3)18/h5-9,18H,4,15H2,1-3H3. The smallest absolute Gasteiger partial charge is 0.328 e. The van der Waals surface area contributed by atoms with Gasteiger partial charge in [-0.25, -0.2) is 9.78 Å². The van der Waals surface area contributed by atoms with Gasteiger partial charge in [0.1, 0.15) is 18.0 Å². The van der Waals surface area contributed by atoms with Gasteiger partial charge in [0.05, 0.1) is 17.6 Å². The highest BCUT2D eigenvalue weighted by Gasteiger charge is 2.24. The van der Waals surface area contributed by atoms with E-state index in [2.05, 4.69) is 4.98 Å². The van der Waals surface area contributed by atoms with Crippen LogP contribution >= 0.6 is 0 Å². The van der Waals surface area contributed by atoms with Crippen molar-refractivity contribution in [2.24, 2.45) is 0 Å². The normalized spacial score (nSPS) is 14.2. The molecule has 0 spiro atoms. The van der Waals surface area contributed by atoms with Gasteiger partial charge >= 0.3 is 5.97 Å². The number of aliphatic hydroxyl groups is 1. The van der Waals surface area contributed by atoms with Gasteiger partial charge in [0, 0.05) is 5.69 Å². The maximum atomic E-state index is 11.9. The summed E-state index contributed by atoms with van der Waals surface area (Å²) in [5.74, 6) is 0.0664. The Morgan fingerprint density at radius 2 is 2.20 bits per heavy atom. The lowest BCUT2D eigenvalue weighted by Gasteiger charge is -2.17. The number of carbonyl (C=O) groups is 1. The number of nitrogen functional groups attached to an aromatic ring is 1. The van der Waals surface area contributed by atoms with Crippen molar-refractivity contribution in [1.82, 2.24) is 9.55 Å². The van der Waals surface area contributed by atoms with Crippen molar-refractivity contribution >= 4 is 22.7 Å². The molecule has 2 atom stereocenters. The molecule has 0 saturated heterocycles. The molecule has 1 heterocycles. The topological polar surface area (TPSA) is 90.4 Å². The molecule has 0 saturated carbocycles. The molecule has 0 radical (unpaired) electrons. The Morgan fingerprint density at radius 1 is 1.50 bits per heavy atom. The molecule has 0 aliphatic rings. The molecule has 0 amide bonds. The second kappa shape index (κ2) is 5.50. The molecule has 0 fully saturated rings. The summed E-state index contributed by atoms with van der Waals surface area (Å²) in [7, 11) is 0. The molecule has 1 aromatic heterocycles. The number of esters is 1. The van der Waals surface area contributed by atoms with E-state index in [1.807, 2.05) is 0 Å². The van der Waals surface area contributed by atoms with Crippen LogP contribution in [0.25, 0.3) is 11.0 Å². The Balaban J connectivity index is 2.59. The molecule has 3 N–H and O–H groups in total. The first-order valence-corrected chi connectivity index (χ1v) is 6.57. The number of aromatic nitrogens is 2. The van der Waals surface area contributed by atoms with Crippen LogP contribution in [-0.4, -0.2) is 27.2 Å². The van der Waals surface area contributed by atoms with Crippen LogP contribution in [0.3, 0.4) is 0 Å². The summed E-state index contributed by atoms with van der Waals surface area (Å²) in [4.78, 5) is 16.3. The number of imidazole rings is 1. The van der Waals surface area contributed by atoms with Crippen LogP contribution < -0.4 is 5.73 Å². The second-order valence-corrected chi connectivity index (χ2v) is 4.69. The van der Waals surface area contributed by atoms with Gasteiger partial charge < -0.3 is 20.1 Å². The van der Waals surface area contributed by atoms with Crippen LogP contribution in [-0.2, 0) is 9.53 Å². The van der Waals surface area contributed by atoms with E-state index < -0.39 is 12.1 Å². The fourth-order valence-corrected chi connectivity index (χ4v) is 2.20. The Morgan fingerprint density at radius 3 is 2.80 bits per heavy atom. The first kappa shape index (κ1) is 14.3. The molecule has 6 nitrogen and oxygen atoms in total. The highest BCUT2D eigenvalue weighted by atomic mass is 16.5. The Bertz CT molecular complexity index is 634. The number of ether oxygens (including phenoxy) is 1. The van der Waals surface area contributed by atoms with Gasteiger partial charge in [-0.05, 0) is 39.0 Å². The number of nitrogens with zero attached hydrogens (tertiary/aromatic N) is 2. The first-order chi connectivity index (χ1) is 9.45. The van der Waals surface area contributed by atoms with Gasteiger partial charge in [-0.15, -0.1) is 0 Å². The number of carbonyl (C=O) groups excluding carboxylic acids is 1. The number of anilines is 1. The maximum absolute atomic E-state index is 11.9. The Hall–Kier alpha value is -2.08. The van der Waals surface area contributed by atoms with Crippen molar-refractivity contribution in [1.29, 1.82) is 0 Å². The maximum Gasteiger partial charge on any atom is 0.328 e. The van der Waals surface area contributed by atoms with Crippen molar-refractivity contribution in [2.75, 3.05) is 12.3 Å². The predicted octanol–water partition coefficient (Wildman–Crippen LogP) is 1.80. The molecular weight excluding hydrogens is 258 g/mol. The van der Waals surface area contributed by atoms with E-state index in [4.69, 9.17) is 10.5 Å². The third-order valence-electron chi connectivity index (χ3n) is 3.13. The highest BCUT2D eigenvalue weighted by Crippen LogP contribution is 2.27. The highest BCUT2D eigenvalue weighted by molar-refractivity contribution is 5.83. The monoisotopic (exact) mass is 277 g/mol. The first-order valence-electron chi connectivity index (χ1n) is 6.57. The second-order valence-electron chi connectivity index (χ2n) is 4.69.